The van der Waals surface area contributed by atoms with Crippen LogP contribution in [0.1, 0.15) is 34.4 Å². The smallest absolute Gasteiger partial charge is 0.433 e. The Morgan fingerprint density at radius 2 is 1.89 bits per heavy atom. The molecule has 3 aromatic rings. The van der Waals surface area contributed by atoms with Crippen LogP contribution < -0.4 is 4.74 Å². The molecule has 1 N–H and O–H groups in total. The summed E-state index contributed by atoms with van der Waals surface area (Å²) in [7, 11) is 1.55. The summed E-state index contributed by atoms with van der Waals surface area (Å²) in [5.74, 6) is 0.201. The van der Waals surface area contributed by atoms with E-state index < -0.39 is 17.8 Å². The lowest BCUT2D eigenvalue weighted by Gasteiger charge is -2.08. The Hall–Kier alpha value is -3.10. The second kappa shape index (κ2) is 7.26. The Bertz CT molecular complexity index is 966. The number of H-pyrrole nitrogens is 1. The van der Waals surface area contributed by atoms with Gasteiger partial charge in [-0.1, -0.05) is 12.1 Å². The number of esters is 1. The number of fused-ring (bicyclic) bond motifs is 1. The molecule has 0 unspecified atom stereocenters. The van der Waals surface area contributed by atoms with Gasteiger partial charge in [-0.3, -0.25) is 0 Å². The van der Waals surface area contributed by atoms with Crippen molar-refractivity contribution in [1.82, 2.24) is 15.0 Å². The summed E-state index contributed by atoms with van der Waals surface area (Å²) in [6.07, 6.45) is -4.38. The topological polar surface area (TPSA) is 77.1 Å². The molecule has 0 aliphatic rings. The third kappa shape index (κ3) is 4.02. The number of pyridine rings is 1. The maximum Gasteiger partial charge on any atom is 0.433 e. The summed E-state index contributed by atoms with van der Waals surface area (Å²) in [5, 5.41) is 0. The number of rotatable bonds is 5. The first-order valence-corrected chi connectivity index (χ1v) is 8.08. The van der Waals surface area contributed by atoms with E-state index >= 15 is 0 Å². The molecule has 0 saturated heterocycles. The number of aromatic nitrogens is 3. The molecule has 0 aliphatic carbocycles. The number of ether oxygens (including phenoxy) is 2. The number of carbonyl (C=O) groups excluding carboxylic acids is 1. The molecule has 0 aliphatic heterocycles. The van der Waals surface area contributed by atoms with Crippen molar-refractivity contribution < 1.29 is 27.4 Å². The predicted molar refractivity (Wildman–Crippen MR) is 90.6 cm³/mol. The molecule has 0 atom stereocenters. The average Bonchev–Trinajstić information content (AvgIpc) is 3.03. The molecule has 2 aromatic heterocycles. The highest BCUT2D eigenvalue weighted by molar-refractivity contribution is 6.01. The molecular weight excluding hydrogens is 363 g/mol. The van der Waals surface area contributed by atoms with Crippen LogP contribution in [0.4, 0.5) is 13.2 Å². The predicted octanol–water partition coefficient (Wildman–Crippen LogP) is 3.75. The van der Waals surface area contributed by atoms with E-state index in [1.807, 2.05) is 12.1 Å². The van der Waals surface area contributed by atoms with E-state index in [4.69, 9.17) is 9.47 Å². The molecular formula is C18H16F3N3O3. The van der Waals surface area contributed by atoms with Gasteiger partial charge in [0.15, 0.2) is 5.65 Å². The monoisotopic (exact) mass is 379 g/mol. The second-order valence-corrected chi connectivity index (χ2v) is 5.68. The van der Waals surface area contributed by atoms with Gasteiger partial charge < -0.3 is 14.5 Å². The van der Waals surface area contributed by atoms with Crippen molar-refractivity contribution in [3.05, 3.63) is 53.0 Å². The fourth-order valence-electron chi connectivity index (χ4n) is 2.57. The molecule has 142 valence electrons. The quantitative estimate of drug-likeness (QED) is 0.683. The lowest BCUT2D eigenvalue weighted by atomic mass is 10.1. The number of alkyl halides is 3. The molecule has 1 aromatic carbocycles. The van der Waals surface area contributed by atoms with Crippen LogP contribution >= 0.6 is 0 Å². The van der Waals surface area contributed by atoms with Crippen molar-refractivity contribution >= 4 is 17.1 Å². The first-order chi connectivity index (χ1) is 12.8. The van der Waals surface area contributed by atoms with Gasteiger partial charge in [-0.15, -0.1) is 0 Å². The van der Waals surface area contributed by atoms with Crippen molar-refractivity contribution in [1.29, 1.82) is 0 Å². The fraction of sp³-hybridized carbons (Fsp3) is 0.278. The third-order valence-corrected chi connectivity index (χ3v) is 3.83. The molecule has 6 nitrogen and oxygen atoms in total. The number of benzene rings is 1. The SMILES string of the molecule is CCOC(=O)c1cc(C(F)(F)F)nc2nc(Cc3ccc(OC)cc3)[nH]c12. The first kappa shape index (κ1) is 18.7. The Morgan fingerprint density at radius 3 is 2.48 bits per heavy atom. The number of halogens is 3. The minimum atomic E-state index is -4.70. The number of nitrogens with one attached hydrogen (secondary N) is 1. The first-order valence-electron chi connectivity index (χ1n) is 8.08. The lowest BCUT2D eigenvalue weighted by molar-refractivity contribution is -0.141. The second-order valence-electron chi connectivity index (χ2n) is 5.68. The number of nitrogens with zero attached hydrogens (tertiary/aromatic N) is 2. The van der Waals surface area contributed by atoms with Gasteiger partial charge in [0.2, 0.25) is 0 Å². The van der Waals surface area contributed by atoms with Gasteiger partial charge in [0.05, 0.1) is 24.8 Å². The molecule has 0 spiro atoms. The standard InChI is InChI=1S/C18H16F3N3O3/c1-3-27-17(25)12-9-13(18(19,20)21)22-16-15(12)23-14(24-16)8-10-4-6-11(26-2)7-5-10/h4-7,9H,3,8H2,1-2H3,(H,22,23,24). The molecule has 9 heteroatoms. The number of carbonyl (C=O) groups is 1. The minimum absolute atomic E-state index is 0.0385. The average molecular weight is 379 g/mol. The zero-order chi connectivity index (χ0) is 19.6. The van der Waals surface area contributed by atoms with Gasteiger partial charge in [-0.25, -0.2) is 14.8 Å². The van der Waals surface area contributed by atoms with Crippen molar-refractivity contribution in [2.45, 2.75) is 19.5 Å². The highest BCUT2D eigenvalue weighted by Gasteiger charge is 2.35. The van der Waals surface area contributed by atoms with Crippen LogP contribution in [0.2, 0.25) is 0 Å². The van der Waals surface area contributed by atoms with Crippen molar-refractivity contribution in [2.75, 3.05) is 13.7 Å². The zero-order valence-corrected chi connectivity index (χ0v) is 14.6. The van der Waals surface area contributed by atoms with Gasteiger partial charge in [0.25, 0.3) is 0 Å². The number of imidazole rings is 1. The summed E-state index contributed by atoms with van der Waals surface area (Å²) in [6, 6.07) is 7.83. The maximum absolute atomic E-state index is 13.1. The van der Waals surface area contributed by atoms with Crippen LogP contribution in [0.25, 0.3) is 11.2 Å². The normalized spacial score (nSPS) is 11.6. The van der Waals surface area contributed by atoms with Crippen LogP contribution in [0.3, 0.4) is 0 Å². The van der Waals surface area contributed by atoms with Gasteiger partial charge >= 0.3 is 12.1 Å². The van der Waals surface area contributed by atoms with Crippen molar-refractivity contribution in [3.63, 3.8) is 0 Å². The van der Waals surface area contributed by atoms with Crippen molar-refractivity contribution in [2.24, 2.45) is 0 Å². The molecule has 0 fully saturated rings. The number of aromatic amines is 1. The van der Waals surface area contributed by atoms with Crippen LogP contribution in [-0.4, -0.2) is 34.6 Å². The van der Waals surface area contributed by atoms with E-state index in [9.17, 15) is 18.0 Å². The minimum Gasteiger partial charge on any atom is -0.497 e. The van der Waals surface area contributed by atoms with Crippen molar-refractivity contribution in [3.8, 4) is 5.75 Å². The fourth-order valence-corrected chi connectivity index (χ4v) is 2.57. The molecule has 3 rings (SSSR count). The molecule has 0 bridgehead atoms. The highest BCUT2D eigenvalue weighted by atomic mass is 19.4. The summed E-state index contributed by atoms with van der Waals surface area (Å²) in [5.41, 5.74) is -0.645. The molecule has 27 heavy (non-hydrogen) atoms. The largest absolute Gasteiger partial charge is 0.497 e. The van der Waals surface area contributed by atoms with Gasteiger partial charge in [-0.2, -0.15) is 13.2 Å². The number of hydrogen-bond acceptors (Lipinski definition) is 5. The summed E-state index contributed by atoms with van der Waals surface area (Å²) in [4.78, 5) is 22.6. The van der Waals surface area contributed by atoms with Crippen LogP contribution in [0.15, 0.2) is 30.3 Å². The summed E-state index contributed by atoms with van der Waals surface area (Å²) in [6.45, 7) is 1.61. The molecule has 0 saturated carbocycles. The Balaban J connectivity index is 2.03. The maximum atomic E-state index is 13.1. The van der Waals surface area contributed by atoms with Gasteiger partial charge in [-0.05, 0) is 30.7 Å². The Kier molecular flexibility index (Phi) is 5.02. The lowest BCUT2D eigenvalue weighted by Crippen LogP contribution is -2.12. The van der Waals surface area contributed by atoms with E-state index in [1.54, 1.807) is 26.2 Å². The highest BCUT2D eigenvalue weighted by Crippen LogP contribution is 2.31. The van der Waals surface area contributed by atoms with Crippen LogP contribution in [-0.2, 0) is 17.3 Å². The van der Waals surface area contributed by atoms with E-state index in [1.165, 1.54) is 0 Å². The van der Waals surface area contributed by atoms with E-state index in [0.717, 1.165) is 5.56 Å². The van der Waals surface area contributed by atoms with E-state index in [0.29, 0.717) is 24.1 Å². The zero-order valence-electron chi connectivity index (χ0n) is 14.6. The third-order valence-electron chi connectivity index (χ3n) is 3.83. The van der Waals surface area contributed by atoms with E-state index in [-0.39, 0.29) is 23.3 Å². The summed E-state index contributed by atoms with van der Waals surface area (Å²) < 4.78 is 49.3. The van der Waals surface area contributed by atoms with E-state index in [2.05, 4.69) is 15.0 Å². The number of hydrogen-bond donors (Lipinski definition) is 1. The Labute approximate surface area is 152 Å². The van der Waals surface area contributed by atoms with Gasteiger partial charge in [0.1, 0.15) is 17.3 Å². The van der Waals surface area contributed by atoms with Crippen LogP contribution in [0.5, 0.6) is 5.75 Å². The van der Waals surface area contributed by atoms with Gasteiger partial charge in [0, 0.05) is 6.42 Å². The summed E-state index contributed by atoms with van der Waals surface area (Å²) >= 11 is 0. The van der Waals surface area contributed by atoms with Crippen LogP contribution in [0, 0.1) is 0 Å². The molecule has 0 amide bonds. The molecule has 2 heterocycles. The number of methoxy groups -OCH3 is 1. The Morgan fingerprint density at radius 1 is 1.19 bits per heavy atom. The molecule has 0 radical (unpaired) electrons.